The van der Waals surface area contributed by atoms with Crippen LogP contribution in [0.3, 0.4) is 0 Å². The molecule has 0 saturated carbocycles. The number of carbonyl (C=O) groups excluding carboxylic acids is 1. The zero-order valence-electron chi connectivity index (χ0n) is 14.0. The molecule has 0 atom stereocenters. The minimum atomic E-state index is -3.41. The summed E-state index contributed by atoms with van der Waals surface area (Å²) in [5.74, 6) is -0.955. The Hall–Kier alpha value is -2.29. The molecule has 8 heteroatoms. The molecular formula is C18H19FN2O4S. The number of hydrogen-bond donors (Lipinski definition) is 1. The summed E-state index contributed by atoms with van der Waals surface area (Å²) >= 11 is 0. The number of nitrogens with one attached hydrogen (secondary N) is 1. The highest BCUT2D eigenvalue weighted by Gasteiger charge is 2.24. The number of hydrogen-bond acceptors (Lipinski definition) is 4. The fourth-order valence-corrected chi connectivity index (χ4v) is 4.15. The number of amides is 1. The van der Waals surface area contributed by atoms with E-state index in [9.17, 15) is 17.6 Å². The van der Waals surface area contributed by atoms with Crippen LogP contribution < -0.4 is 5.32 Å². The molecule has 0 radical (unpaired) electrons. The van der Waals surface area contributed by atoms with E-state index in [1.54, 1.807) is 30.3 Å². The predicted octanol–water partition coefficient (Wildman–Crippen LogP) is 2.24. The molecule has 2 aromatic rings. The molecular weight excluding hydrogens is 359 g/mol. The van der Waals surface area contributed by atoms with Crippen LogP contribution in [0.25, 0.3) is 0 Å². The van der Waals surface area contributed by atoms with Gasteiger partial charge in [-0.2, -0.15) is 4.31 Å². The van der Waals surface area contributed by atoms with E-state index in [1.165, 1.54) is 22.5 Å². The maximum absolute atomic E-state index is 13.2. The van der Waals surface area contributed by atoms with E-state index in [2.05, 4.69) is 5.32 Å². The van der Waals surface area contributed by atoms with Gasteiger partial charge in [-0.05, 0) is 35.9 Å². The average molecular weight is 378 g/mol. The van der Waals surface area contributed by atoms with E-state index in [1.807, 2.05) is 0 Å². The number of benzene rings is 2. The Morgan fingerprint density at radius 2 is 1.81 bits per heavy atom. The molecule has 0 bridgehead atoms. The fourth-order valence-electron chi connectivity index (χ4n) is 2.65. The molecule has 1 aliphatic heterocycles. The molecule has 0 spiro atoms. The minimum absolute atomic E-state index is 0.126. The van der Waals surface area contributed by atoms with Gasteiger partial charge in [-0.1, -0.05) is 18.2 Å². The zero-order valence-corrected chi connectivity index (χ0v) is 14.8. The van der Waals surface area contributed by atoms with E-state index < -0.39 is 21.7 Å². The number of nitrogens with zero attached hydrogens (tertiary/aromatic N) is 1. The lowest BCUT2D eigenvalue weighted by atomic mass is 10.1. The van der Waals surface area contributed by atoms with Crippen LogP contribution in [0.5, 0.6) is 0 Å². The largest absolute Gasteiger partial charge is 0.379 e. The number of rotatable bonds is 5. The van der Waals surface area contributed by atoms with Crippen molar-refractivity contribution >= 4 is 21.6 Å². The van der Waals surface area contributed by atoms with Gasteiger partial charge in [-0.3, -0.25) is 4.79 Å². The van der Waals surface area contributed by atoms with Crippen LogP contribution in [0.2, 0.25) is 0 Å². The molecule has 0 aromatic heterocycles. The summed E-state index contributed by atoms with van der Waals surface area (Å²) in [6.07, 6.45) is 0. The lowest BCUT2D eigenvalue weighted by Crippen LogP contribution is -2.41. The number of morpholine rings is 1. The number of sulfonamides is 1. The van der Waals surface area contributed by atoms with Crippen LogP contribution in [0.1, 0.15) is 15.9 Å². The molecule has 26 heavy (non-hydrogen) atoms. The van der Waals surface area contributed by atoms with Crippen LogP contribution in [0.4, 0.5) is 10.1 Å². The van der Waals surface area contributed by atoms with Crippen molar-refractivity contribution in [1.82, 2.24) is 4.31 Å². The van der Waals surface area contributed by atoms with Crippen molar-refractivity contribution in [1.29, 1.82) is 0 Å². The minimum Gasteiger partial charge on any atom is -0.379 e. The third-order valence-electron chi connectivity index (χ3n) is 4.01. The summed E-state index contributed by atoms with van der Waals surface area (Å²) < 4.78 is 44.6. The van der Waals surface area contributed by atoms with Gasteiger partial charge in [0.25, 0.3) is 5.91 Å². The first-order valence-corrected chi connectivity index (χ1v) is 9.76. The zero-order chi connectivity index (χ0) is 18.6. The first-order chi connectivity index (χ1) is 12.4. The number of anilines is 1. The van der Waals surface area contributed by atoms with E-state index >= 15 is 0 Å². The van der Waals surface area contributed by atoms with Gasteiger partial charge in [0.2, 0.25) is 10.0 Å². The Morgan fingerprint density at radius 1 is 1.12 bits per heavy atom. The van der Waals surface area contributed by atoms with Gasteiger partial charge in [0, 0.05) is 24.3 Å². The first kappa shape index (κ1) is 18.5. The number of halogens is 1. The van der Waals surface area contributed by atoms with Gasteiger partial charge >= 0.3 is 0 Å². The van der Waals surface area contributed by atoms with Crippen molar-refractivity contribution in [2.75, 3.05) is 31.6 Å². The van der Waals surface area contributed by atoms with Gasteiger partial charge in [0.1, 0.15) is 5.82 Å². The lowest BCUT2D eigenvalue weighted by Gasteiger charge is -2.26. The van der Waals surface area contributed by atoms with Gasteiger partial charge in [0.05, 0.1) is 19.0 Å². The quantitative estimate of drug-likeness (QED) is 0.866. The van der Waals surface area contributed by atoms with E-state index in [0.29, 0.717) is 43.1 Å². The molecule has 2 aromatic carbocycles. The van der Waals surface area contributed by atoms with Gasteiger partial charge in [-0.15, -0.1) is 0 Å². The summed E-state index contributed by atoms with van der Waals surface area (Å²) in [5.41, 5.74) is 1.31. The maximum Gasteiger partial charge on any atom is 0.255 e. The first-order valence-electron chi connectivity index (χ1n) is 8.15. The van der Waals surface area contributed by atoms with Gasteiger partial charge < -0.3 is 10.1 Å². The Morgan fingerprint density at radius 3 is 2.46 bits per heavy atom. The molecule has 0 aliphatic carbocycles. The van der Waals surface area contributed by atoms with Crippen molar-refractivity contribution in [3.63, 3.8) is 0 Å². The van der Waals surface area contributed by atoms with Crippen molar-refractivity contribution in [2.24, 2.45) is 0 Å². The monoisotopic (exact) mass is 378 g/mol. The normalized spacial score (nSPS) is 15.6. The number of carbonyl (C=O) groups is 1. The maximum atomic E-state index is 13.2. The van der Waals surface area contributed by atoms with E-state index in [-0.39, 0.29) is 5.75 Å². The molecule has 1 amide bonds. The van der Waals surface area contributed by atoms with Crippen molar-refractivity contribution in [3.05, 3.63) is 65.5 Å². The molecule has 1 N–H and O–H groups in total. The molecule has 0 unspecified atom stereocenters. The SMILES string of the molecule is O=C(Nc1cccc(F)c1)c1ccc(CS(=O)(=O)N2CCOCC2)cc1. The summed E-state index contributed by atoms with van der Waals surface area (Å²) in [5, 5.41) is 2.60. The topological polar surface area (TPSA) is 75.7 Å². The van der Waals surface area contributed by atoms with Crippen molar-refractivity contribution in [2.45, 2.75) is 5.75 Å². The highest BCUT2D eigenvalue weighted by Crippen LogP contribution is 2.15. The lowest BCUT2D eigenvalue weighted by molar-refractivity contribution is 0.0729. The highest BCUT2D eigenvalue weighted by molar-refractivity contribution is 7.88. The molecule has 1 aliphatic rings. The summed E-state index contributed by atoms with van der Waals surface area (Å²) in [4.78, 5) is 12.2. The summed E-state index contributed by atoms with van der Waals surface area (Å²) in [7, 11) is -3.41. The average Bonchev–Trinajstić information content (AvgIpc) is 2.63. The second kappa shape index (κ2) is 7.94. The Labute approximate surface area is 151 Å². The Bertz CT molecular complexity index is 878. The molecule has 3 rings (SSSR count). The predicted molar refractivity (Wildman–Crippen MR) is 95.8 cm³/mol. The Kier molecular flexibility index (Phi) is 5.65. The van der Waals surface area contributed by atoms with Crippen molar-refractivity contribution in [3.8, 4) is 0 Å². The van der Waals surface area contributed by atoms with Crippen LogP contribution in [0.15, 0.2) is 48.5 Å². The molecule has 1 saturated heterocycles. The second-order valence-corrected chi connectivity index (χ2v) is 7.90. The van der Waals surface area contributed by atoms with Crippen LogP contribution in [0, 0.1) is 5.82 Å². The highest BCUT2D eigenvalue weighted by atomic mass is 32.2. The fraction of sp³-hybridized carbons (Fsp3) is 0.278. The van der Waals surface area contributed by atoms with Gasteiger partial charge in [0.15, 0.2) is 0 Å². The van der Waals surface area contributed by atoms with Crippen LogP contribution >= 0.6 is 0 Å². The summed E-state index contributed by atoms with van der Waals surface area (Å²) in [6.45, 7) is 1.52. The van der Waals surface area contributed by atoms with E-state index in [0.717, 1.165) is 0 Å². The van der Waals surface area contributed by atoms with Gasteiger partial charge in [-0.25, -0.2) is 12.8 Å². The standard InChI is InChI=1S/C18H19FN2O4S/c19-16-2-1-3-17(12-16)20-18(22)15-6-4-14(5-7-15)13-26(23,24)21-8-10-25-11-9-21/h1-7,12H,8-11,13H2,(H,20,22). The molecule has 1 fully saturated rings. The molecule has 1 heterocycles. The smallest absolute Gasteiger partial charge is 0.255 e. The van der Waals surface area contributed by atoms with Crippen LogP contribution in [-0.4, -0.2) is 44.9 Å². The van der Waals surface area contributed by atoms with Crippen molar-refractivity contribution < 1.29 is 22.3 Å². The Balaban J connectivity index is 1.65. The molecule has 6 nitrogen and oxygen atoms in total. The second-order valence-electron chi connectivity index (χ2n) is 5.93. The number of ether oxygens (including phenoxy) is 1. The van der Waals surface area contributed by atoms with Crippen LogP contribution in [-0.2, 0) is 20.5 Å². The third-order valence-corrected chi connectivity index (χ3v) is 5.86. The molecule has 138 valence electrons. The third kappa shape index (κ3) is 4.66. The van der Waals surface area contributed by atoms with E-state index in [4.69, 9.17) is 4.74 Å². The summed E-state index contributed by atoms with van der Waals surface area (Å²) in [6, 6.07) is 11.9.